The molecular weight excluding hydrogens is 434 g/mol. The molecule has 0 aliphatic carbocycles. The predicted octanol–water partition coefficient (Wildman–Crippen LogP) is 5.36. The number of carbonyl (C=O) groups is 1. The maximum Gasteiger partial charge on any atom is 0.227 e. The number of anilines is 1. The molecule has 178 valence electrons. The van der Waals surface area contributed by atoms with Crippen molar-refractivity contribution in [1.29, 1.82) is 0 Å². The maximum absolute atomic E-state index is 12.5. The Labute approximate surface area is 206 Å². The molecule has 0 atom stereocenters. The Balaban J connectivity index is 1.33. The Morgan fingerprint density at radius 1 is 0.943 bits per heavy atom. The minimum absolute atomic E-state index is 0.147. The van der Waals surface area contributed by atoms with Crippen LogP contribution in [-0.2, 0) is 17.9 Å². The molecule has 1 saturated heterocycles. The van der Waals surface area contributed by atoms with E-state index in [1.54, 1.807) is 0 Å². The Kier molecular flexibility index (Phi) is 5.22. The van der Waals surface area contributed by atoms with Crippen molar-refractivity contribution < 1.29 is 4.79 Å². The number of likely N-dealkylation sites (N-methyl/N-ethyl adjacent to an activating group) is 1. The zero-order chi connectivity index (χ0) is 24.2. The number of nitrogens with zero attached hydrogens (tertiary/aromatic N) is 5. The summed E-state index contributed by atoms with van der Waals surface area (Å²) >= 11 is 0. The summed E-state index contributed by atoms with van der Waals surface area (Å²) < 4.78 is 2.35. The number of piperidine rings is 1. The van der Waals surface area contributed by atoms with Gasteiger partial charge in [0.2, 0.25) is 5.91 Å². The summed E-state index contributed by atoms with van der Waals surface area (Å²) in [7, 11) is 2.16. The first kappa shape index (κ1) is 22.0. The highest BCUT2D eigenvalue weighted by atomic mass is 16.2. The second-order valence-electron chi connectivity index (χ2n) is 10.8. The van der Waals surface area contributed by atoms with Crippen molar-refractivity contribution in [2.75, 3.05) is 25.0 Å². The van der Waals surface area contributed by atoms with Crippen molar-refractivity contribution in [3.63, 3.8) is 0 Å². The second kappa shape index (κ2) is 8.31. The van der Waals surface area contributed by atoms with Crippen molar-refractivity contribution in [2.24, 2.45) is 5.41 Å². The summed E-state index contributed by atoms with van der Waals surface area (Å²) in [5, 5.41) is 1.18. The van der Waals surface area contributed by atoms with Gasteiger partial charge < -0.3 is 9.47 Å². The fraction of sp³-hybridized carbons (Fsp3) is 0.345. The number of fused-ring (bicyclic) bond motifs is 3. The number of pyridine rings is 2. The van der Waals surface area contributed by atoms with Crippen LogP contribution in [0.25, 0.3) is 33.3 Å². The molecular formula is C29H31N5O. The summed E-state index contributed by atoms with van der Waals surface area (Å²) in [5.41, 5.74) is 7.88. The van der Waals surface area contributed by atoms with Crippen LogP contribution in [-0.4, -0.2) is 45.5 Å². The lowest BCUT2D eigenvalue weighted by Crippen LogP contribution is -2.44. The minimum atomic E-state index is 0.147. The predicted molar refractivity (Wildman–Crippen MR) is 140 cm³/mol. The number of hydrogen-bond acceptors (Lipinski definition) is 4. The summed E-state index contributed by atoms with van der Waals surface area (Å²) in [5.74, 6) is 0.212. The number of rotatable bonds is 3. The first-order valence-corrected chi connectivity index (χ1v) is 12.4. The van der Waals surface area contributed by atoms with Crippen LogP contribution in [0.3, 0.4) is 0 Å². The number of hydrogen-bond donors (Lipinski definition) is 0. The van der Waals surface area contributed by atoms with Crippen molar-refractivity contribution in [2.45, 2.75) is 39.8 Å². The normalized spacial score (nSPS) is 18.1. The van der Waals surface area contributed by atoms with Crippen molar-refractivity contribution in [1.82, 2.24) is 19.4 Å². The lowest BCUT2D eigenvalue weighted by molar-refractivity contribution is -0.120. The van der Waals surface area contributed by atoms with Crippen LogP contribution in [0, 0.1) is 5.41 Å². The average molecular weight is 466 g/mol. The van der Waals surface area contributed by atoms with E-state index in [-0.39, 0.29) is 11.3 Å². The molecule has 6 heteroatoms. The van der Waals surface area contributed by atoms with Crippen LogP contribution < -0.4 is 4.90 Å². The topological polar surface area (TPSA) is 54.3 Å². The molecule has 0 N–H and O–H groups in total. The molecule has 3 aromatic heterocycles. The molecule has 5 heterocycles. The fourth-order valence-electron chi connectivity index (χ4n) is 5.45. The molecule has 2 aliphatic rings. The molecule has 4 aromatic rings. The largest absolute Gasteiger partial charge is 0.327 e. The Morgan fingerprint density at radius 3 is 2.57 bits per heavy atom. The number of amides is 1. The van der Waals surface area contributed by atoms with E-state index < -0.39 is 0 Å². The first-order valence-electron chi connectivity index (χ1n) is 12.4. The maximum atomic E-state index is 12.5. The van der Waals surface area contributed by atoms with E-state index in [9.17, 15) is 4.79 Å². The quantitative estimate of drug-likeness (QED) is 0.409. The van der Waals surface area contributed by atoms with Crippen LogP contribution in [0.2, 0.25) is 0 Å². The van der Waals surface area contributed by atoms with E-state index >= 15 is 0 Å². The van der Waals surface area contributed by atoms with Gasteiger partial charge in [0.25, 0.3) is 0 Å². The Hall–Kier alpha value is -3.51. The molecule has 0 unspecified atom stereocenters. The van der Waals surface area contributed by atoms with Gasteiger partial charge >= 0.3 is 0 Å². The summed E-state index contributed by atoms with van der Waals surface area (Å²) in [6, 6.07) is 14.9. The van der Waals surface area contributed by atoms with Gasteiger partial charge in [-0.05, 0) is 60.3 Å². The van der Waals surface area contributed by atoms with Crippen molar-refractivity contribution in [3.8, 4) is 22.3 Å². The molecule has 6 rings (SSSR count). The van der Waals surface area contributed by atoms with Gasteiger partial charge in [0.1, 0.15) is 5.65 Å². The number of carbonyl (C=O) groups excluding carboxylic acids is 1. The molecule has 0 bridgehead atoms. The van der Waals surface area contributed by atoms with E-state index in [1.807, 2.05) is 23.5 Å². The molecule has 1 aromatic carbocycles. The van der Waals surface area contributed by atoms with Crippen LogP contribution in [0.15, 0.2) is 61.1 Å². The average Bonchev–Trinajstić information content (AvgIpc) is 3.23. The monoisotopic (exact) mass is 465 g/mol. The Bertz CT molecular complexity index is 1420. The van der Waals surface area contributed by atoms with E-state index in [2.05, 4.69) is 77.8 Å². The molecule has 2 aliphatic heterocycles. The first-order chi connectivity index (χ1) is 16.9. The minimum Gasteiger partial charge on any atom is -0.327 e. The third-order valence-electron chi connectivity index (χ3n) is 7.48. The van der Waals surface area contributed by atoms with E-state index in [4.69, 9.17) is 4.98 Å². The zero-order valence-corrected chi connectivity index (χ0v) is 20.7. The lowest BCUT2D eigenvalue weighted by atomic mass is 9.83. The highest BCUT2D eigenvalue weighted by Crippen LogP contribution is 2.35. The van der Waals surface area contributed by atoms with E-state index in [0.29, 0.717) is 6.42 Å². The van der Waals surface area contributed by atoms with E-state index in [1.165, 1.54) is 11.1 Å². The fourth-order valence-corrected chi connectivity index (χ4v) is 5.45. The molecule has 35 heavy (non-hydrogen) atoms. The Morgan fingerprint density at radius 2 is 1.74 bits per heavy atom. The second-order valence-corrected chi connectivity index (χ2v) is 10.8. The molecule has 0 radical (unpaired) electrons. The van der Waals surface area contributed by atoms with Gasteiger partial charge in [0.05, 0.1) is 0 Å². The molecule has 1 fully saturated rings. The smallest absolute Gasteiger partial charge is 0.227 e. The van der Waals surface area contributed by atoms with E-state index in [0.717, 1.165) is 66.2 Å². The summed E-state index contributed by atoms with van der Waals surface area (Å²) in [6.45, 7) is 8.17. The van der Waals surface area contributed by atoms with Gasteiger partial charge in [0, 0.05) is 79.1 Å². The van der Waals surface area contributed by atoms with Crippen LogP contribution in [0.1, 0.15) is 32.4 Å². The molecule has 0 spiro atoms. The zero-order valence-electron chi connectivity index (χ0n) is 20.7. The third kappa shape index (κ3) is 4.02. The third-order valence-corrected chi connectivity index (χ3v) is 7.48. The van der Waals surface area contributed by atoms with Gasteiger partial charge in [0.15, 0.2) is 0 Å². The van der Waals surface area contributed by atoms with Crippen molar-refractivity contribution >= 4 is 22.6 Å². The number of aromatic nitrogens is 3. The molecule has 0 saturated carbocycles. The van der Waals surface area contributed by atoms with Gasteiger partial charge in [-0.3, -0.25) is 14.7 Å². The molecule has 6 nitrogen and oxygen atoms in total. The highest BCUT2D eigenvalue weighted by molar-refractivity contribution is 5.95. The van der Waals surface area contributed by atoms with Crippen molar-refractivity contribution in [3.05, 3.63) is 66.7 Å². The summed E-state index contributed by atoms with van der Waals surface area (Å²) in [4.78, 5) is 26.1. The van der Waals surface area contributed by atoms with Crippen LogP contribution in [0.4, 0.5) is 5.69 Å². The standard InChI is InChI=1S/C29H31N5O/c1-29(2)10-8-27(35)34(19-29)23-6-4-20(5-7-23)21-14-22(17-30-16-21)25-9-11-31-28-26(25)15-24-18-32(3)12-13-33(24)28/h4-7,9,11,14-17H,8,10,12-13,18-19H2,1-3H3. The number of benzene rings is 1. The summed E-state index contributed by atoms with van der Waals surface area (Å²) in [6.07, 6.45) is 7.31. The van der Waals surface area contributed by atoms with Gasteiger partial charge in [-0.25, -0.2) is 4.98 Å². The lowest BCUT2D eigenvalue weighted by Gasteiger charge is -2.37. The highest BCUT2D eigenvalue weighted by Gasteiger charge is 2.31. The van der Waals surface area contributed by atoms with Crippen LogP contribution in [0.5, 0.6) is 0 Å². The van der Waals surface area contributed by atoms with Gasteiger partial charge in [-0.15, -0.1) is 0 Å². The van der Waals surface area contributed by atoms with Gasteiger partial charge in [-0.2, -0.15) is 0 Å². The molecule has 1 amide bonds. The SMILES string of the molecule is CN1CCn2c(cc3c(-c4cncc(-c5ccc(N6CC(C)(C)CCC6=O)cc5)c4)ccnc32)C1. The van der Waals surface area contributed by atoms with Gasteiger partial charge in [-0.1, -0.05) is 26.0 Å². The van der Waals surface area contributed by atoms with Crippen LogP contribution >= 0.6 is 0 Å².